The van der Waals surface area contributed by atoms with Gasteiger partial charge in [-0.05, 0) is 54.4 Å². The zero-order valence-electron chi connectivity index (χ0n) is 20.3. The number of carbonyl (C=O) groups excluding carboxylic acids is 1. The highest BCUT2D eigenvalue weighted by Gasteiger charge is 2.22. The Morgan fingerprint density at radius 2 is 1.62 bits per heavy atom. The lowest BCUT2D eigenvalue weighted by Crippen LogP contribution is -2.12. The van der Waals surface area contributed by atoms with Crippen LogP contribution in [0.25, 0.3) is 21.8 Å². The van der Waals surface area contributed by atoms with Gasteiger partial charge in [-0.15, -0.1) is 0 Å². The molecule has 0 atom stereocenters. The average Bonchev–Trinajstić information content (AvgIpc) is 3.22. The summed E-state index contributed by atoms with van der Waals surface area (Å²) in [6.45, 7) is 1.96. The van der Waals surface area contributed by atoms with E-state index in [1.807, 2.05) is 73.7 Å². The highest BCUT2D eigenvalue weighted by Crippen LogP contribution is 2.40. The summed E-state index contributed by atoms with van der Waals surface area (Å²) in [6, 6.07) is 26.6. The van der Waals surface area contributed by atoms with Gasteiger partial charge in [0.2, 0.25) is 5.91 Å². The molecule has 1 heterocycles. The lowest BCUT2D eigenvalue weighted by molar-refractivity contribution is -0.139. The molecule has 7 heteroatoms. The molecule has 4 aromatic carbocycles. The van der Waals surface area contributed by atoms with Gasteiger partial charge in [0.05, 0.1) is 23.0 Å². The van der Waals surface area contributed by atoms with E-state index in [1.165, 1.54) is 0 Å². The number of para-hydroxylation sites is 2. The van der Waals surface area contributed by atoms with E-state index in [1.54, 1.807) is 12.1 Å². The Labute approximate surface area is 213 Å². The standard InChI is InChI=1S/C30H26N2O5/c1-2-19-15-24-29(26(16-19)36-18-27(33)34)28-22(30(31)35)12-8-13-23(28)32(24)17-20-9-6-7-14-25(20)37-21-10-4-3-5-11-21/h3-16H,2,17-18H2,1H3,(H2,31,35)(H,33,34). The quantitative estimate of drug-likeness (QED) is 0.271. The average molecular weight is 495 g/mol. The second-order valence-electron chi connectivity index (χ2n) is 8.70. The van der Waals surface area contributed by atoms with E-state index in [0.717, 1.165) is 34.3 Å². The summed E-state index contributed by atoms with van der Waals surface area (Å²) in [6.07, 6.45) is 0.720. The molecule has 1 aromatic heterocycles. The van der Waals surface area contributed by atoms with Gasteiger partial charge in [0.15, 0.2) is 6.61 Å². The summed E-state index contributed by atoms with van der Waals surface area (Å²) in [5, 5.41) is 10.6. The fraction of sp³-hybridized carbons (Fsp3) is 0.133. The van der Waals surface area contributed by atoms with Crippen LogP contribution in [-0.4, -0.2) is 28.2 Å². The number of carboxylic acid groups (broad SMARTS) is 1. The Bertz CT molecular complexity index is 1620. The van der Waals surface area contributed by atoms with Gasteiger partial charge in [0.25, 0.3) is 0 Å². The second-order valence-corrected chi connectivity index (χ2v) is 8.70. The van der Waals surface area contributed by atoms with Crippen LogP contribution >= 0.6 is 0 Å². The van der Waals surface area contributed by atoms with E-state index in [0.29, 0.717) is 34.4 Å². The number of hydrogen-bond acceptors (Lipinski definition) is 4. The number of aromatic nitrogens is 1. The number of amides is 1. The smallest absolute Gasteiger partial charge is 0.341 e. The van der Waals surface area contributed by atoms with Gasteiger partial charge in [-0.3, -0.25) is 4.79 Å². The fourth-order valence-corrected chi connectivity index (χ4v) is 4.63. The van der Waals surface area contributed by atoms with Crippen LogP contribution in [0.5, 0.6) is 17.2 Å². The number of carbonyl (C=O) groups is 2. The third-order valence-electron chi connectivity index (χ3n) is 6.31. The van der Waals surface area contributed by atoms with Crippen molar-refractivity contribution in [2.75, 3.05) is 6.61 Å². The highest BCUT2D eigenvalue weighted by atomic mass is 16.5. The number of nitrogens with two attached hydrogens (primary N) is 1. The summed E-state index contributed by atoms with van der Waals surface area (Å²) < 4.78 is 14.0. The minimum Gasteiger partial charge on any atom is -0.481 e. The summed E-state index contributed by atoms with van der Waals surface area (Å²) in [4.78, 5) is 23.8. The molecule has 0 spiro atoms. The number of aryl methyl sites for hydroxylation is 1. The van der Waals surface area contributed by atoms with E-state index < -0.39 is 18.5 Å². The van der Waals surface area contributed by atoms with Gasteiger partial charge >= 0.3 is 5.97 Å². The second kappa shape index (κ2) is 10.1. The fourth-order valence-electron chi connectivity index (χ4n) is 4.63. The molecule has 0 radical (unpaired) electrons. The van der Waals surface area contributed by atoms with Crippen LogP contribution < -0.4 is 15.2 Å². The van der Waals surface area contributed by atoms with Crippen LogP contribution in [0.3, 0.4) is 0 Å². The topological polar surface area (TPSA) is 104 Å². The van der Waals surface area contributed by atoms with E-state index >= 15 is 0 Å². The predicted molar refractivity (Wildman–Crippen MR) is 143 cm³/mol. The molecule has 186 valence electrons. The van der Waals surface area contributed by atoms with E-state index in [9.17, 15) is 14.7 Å². The summed E-state index contributed by atoms with van der Waals surface area (Å²) in [5.74, 6) is 0.194. The molecule has 0 saturated carbocycles. The summed E-state index contributed by atoms with van der Waals surface area (Å²) in [7, 11) is 0. The van der Waals surface area contributed by atoms with E-state index in [-0.39, 0.29) is 0 Å². The highest BCUT2D eigenvalue weighted by molar-refractivity contribution is 6.20. The number of primary amides is 1. The third kappa shape index (κ3) is 4.71. The Balaban J connectivity index is 1.74. The molecule has 7 nitrogen and oxygen atoms in total. The molecule has 5 aromatic rings. The predicted octanol–water partition coefficient (Wildman–Crippen LogP) is 5.76. The van der Waals surface area contributed by atoms with Crippen molar-refractivity contribution in [3.63, 3.8) is 0 Å². The van der Waals surface area contributed by atoms with Gasteiger partial charge in [0.1, 0.15) is 17.2 Å². The number of nitrogens with zero attached hydrogens (tertiary/aromatic N) is 1. The number of ether oxygens (including phenoxy) is 2. The molecular formula is C30H26N2O5. The van der Waals surface area contributed by atoms with Gasteiger partial charge in [-0.1, -0.05) is 49.4 Å². The van der Waals surface area contributed by atoms with Crippen LogP contribution in [0.1, 0.15) is 28.4 Å². The lowest BCUT2D eigenvalue weighted by Gasteiger charge is -2.14. The molecule has 3 N–H and O–H groups in total. The summed E-state index contributed by atoms with van der Waals surface area (Å²) in [5.41, 5.74) is 9.63. The van der Waals surface area contributed by atoms with Crippen molar-refractivity contribution in [2.45, 2.75) is 19.9 Å². The number of carboxylic acids is 1. The first kappa shape index (κ1) is 23.9. The molecule has 1 amide bonds. The first-order chi connectivity index (χ1) is 18.0. The third-order valence-corrected chi connectivity index (χ3v) is 6.31. The molecule has 0 unspecified atom stereocenters. The molecule has 0 saturated heterocycles. The maximum absolute atomic E-state index is 12.4. The van der Waals surface area contributed by atoms with E-state index in [2.05, 4.69) is 10.6 Å². The molecule has 5 rings (SSSR count). The molecule has 0 aliphatic rings. The first-order valence-electron chi connectivity index (χ1n) is 12.0. The molecule has 0 aliphatic carbocycles. The van der Waals surface area contributed by atoms with Crippen LogP contribution in [-0.2, 0) is 17.8 Å². The molecule has 37 heavy (non-hydrogen) atoms. The van der Waals surface area contributed by atoms with Crippen molar-refractivity contribution in [1.82, 2.24) is 4.57 Å². The number of hydrogen-bond donors (Lipinski definition) is 2. The Kier molecular flexibility index (Phi) is 6.51. The monoisotopic (exact) mass is 494 g/mol. The minimum absolute atomic E-state index is 0.347. The van der Waals surface area contributed by atoms with Crippen molar-refractivity contribution in [1.29, 1.82) is 0 Å². The number of aliphatic carboxylic acids is 1. The normalized spacial score (nSPS) is 11.1. The zero-order valence-corrected chi connectivity index (χ0v) is 20.3. The SMILES string of the molecule is CCc1cc(OCC(=O)O)c2c3c(C(N)=O)cccc3n(Cc3ccccc3Oc3ccccc3)c2c1. The van der Waals surface area contributed by atoms with Crippen molar-refractivity contribution in [3.8, 4) is 17.2 Å². The summed E-state index contributed by atoms with van der Waals surface area (Å²) >= 11 is 0. The van der Waals surface area contributed by atoms with Crippen LogP contribution in [0.4, 0.5) is 0 Å². The number of benzene rings is 4. The van der Waals surface area contributed by atoms with Gasteiger partial charge < -0.3 is 24.9 Å². The van der Waals surface area contributed by atoms with Gasteiger partial charge in [0, 0.05) is 16.5 Å². The number of rotatable bonds is 9. The van der Waals surface area contributed by atoms with E-state index in [4.69, 9.17) is 15.2 Å². The maximum Gasteiger partial charge on any atom is 0.341 e. The van der Waals surface area contributed by atoms with Crippen molar-refractivity contribution in [2.24, 2.45) is 5.73 Å². The van der Waals surface area contributed by atoms with Crippen LogP contribution in [0.2, 0.25) is 0 Å². The van der Waals surface area contributed by atoms with Crippen LogP contribution in [0, 0.1) is 0 Å². The van der Waals surface area contributed by atoms with Crippen LogP contribution in [0.15, 0.2) is 84.9 Å². The Morgan fingerprint density at radius 3 is 2.35 bits per heavy atom. The van der Waals surface area contributed by atoms with Crippen molar-refractivity contribution in [3.05, 3.63) is 102 Å². The lowest BCUT2D eigenvalue weighted by atomic mass is 10.0. The van der Waals surface area contributed by atoms with Crippen molar-refractivity contribution < 1.29 is 24.2 Å². The zero-order chi connectivity index (χ0) is 25.9. The molecule has 0 fully saturated rings. The first-order valence-corrected chi connectivity index (χ1v) is 12.0. The van der Waals surface area contributed by atoms with Gasteiger partial charge in [-0.25, -0.2) is 4.79 Å². The van der Waals surface area contributed by atoms with Gasteiger partial charge in [-0.2, -0.15) is 0 Å². The molecule has 0 aliphatic heterocycles. The Morgan fingerprint density at radius 1 is 0.865 bits per heavy atom. The number of fused-ring (bicyclic) bond motifs is 3. The largest absolute Gasteiger partial charge is 0.481 e. The Hall–Kier alpha value is -4.78. The molecule has 0 bridgehead atoms. The molecular weight excluding hydrogens is 468 g/mol. The maximum atomic E-state index is 12.4. The van der Waals surface area contributed by atoms with Crippen molar-refractivity contribution >= 4 is 33.7 Å². The minimum atomic E-state index is -1.08.